The number of amides is 1. The molecule has 5 heterocycles. The normalized spacial score (nSPS) is 14.0. The number of carbonyl (C=O) groups is 1. The molecule has 1 fully saturated rings. The van der Waals surface area contributed by atoms with Crippen molar-refractivity contribution in [3.05, 3.63) is 48.9 Å². The molecule has 1 saturated heterocycles. The Labute approximate surface area is 202 Å². The summed E-state index contributed by atoms with van der Waals surface area (Å²) in [4.78, 5) is 31.5. The second kappa shape index (κ2) is 8.83. The Kier molecular flexibility index (Phi) is 5.36. The van der Waals surface area contributed by atoms with E-state index in [-0.39, 0.29) is 5.91 Å². The lowest BCUT2D eigenvalue weighted by Crippen LogP contribution is -2.29. The SMILES string of the molecule is CCC(=O)Nc1cncc(-c2cc3c(-c4nc5c(N6CCCCC6)cccc5[nH]4)n[nH]c3cn2)c1. The van der Waals surface area contributed by atoms with Gasteiger partial charge < -0.3 is 15.2 Å². The molecule has 1 aliphatic heterocycles. The average Bonchev–Trinajstić information content (AvgIpc) is 3.53. The predicted molar refractivity (Wildman–Crippen MR) is 137 cm³/mol. The van der Waals surface area contributed by atoms with E-state index in [9.17, 15) is 4.79 Å². The van der Waals surface area contributed by atoms with Gasteiger partial charge in [0, 0.05) is 36.7 Å². The molecule has 0 saturated carbocycles. The highest BCUT2D eigenvalue weighted by molar-refractivity contribution is 5.97. The van der Waals surface area contributed by atoms with Crippen LogP contribution in [0.15, 0.2) is 48.9 Å². The Morgan fingerprint density at radius 2 is 1.97 bits per heavy atom. The molecular formula is C26H26N8O. The van der Waals surface area contributed by atoms with E-state index in [2.05, 4.69) is 53.6 Å². The third-order valence-electron chi connectivity index (χ3n) is 6.50. The number of nitrogens with zero attached hydrogens (tertiary/aromatic N) is 5. The molecule has 5 aromatic rings. The number of aromatic amines is 2. The summed E-state index contributed by atoms with van der Waals surface area (Å²) in [5, 5.41) is 11.4. The van der Waals surface area contributed by atoms with Gasteiger partial charge in [-0.15, -0.1) is 0 Å². The zero-order chi connectivity index (χ0) is 23.8. The number of carbonyl (C=O) groups excluding carboxylic acids is 1. The number of pyridine rings is 2. The quantitative estimate of drug-likeness (QED) is 0.339. The van der Waals surface area contributed by atoms with Crippen molar-refractivity contribution < 1.29 is 4.79 Å². The highest BCUT2D eigenvalue weighted by Crippen LogP contribution is 2.33. The maximum atomic E-state index is 11.8. The van der Waals surface area contributed by atoms with Crippen molar-refractivity contribution in [2.75, 3.05) is 23.3 Å². The van der Waals surface area contributed by atoms with Crippen LogP contribution in [0.5, 0.6) is 0 Å². The Hall–Kier alpha value is -4.27. The van der Waals surface area contributed by atoms with Crippen molar-refractivity contribution >= 4 is 39.2 Å². The summed E-state index contributed by atoms with van der Waals surface area (Å²) >= 11 is 0. The number of benzene rings is 1. The van der Waals surface area contributed by atoms with Gasteiger partial charge >= 0.3 is 0 Å². The summed E-state index contributed by atoms with van der Waals surface area (Å²) in [7, 11) is 0. The number of imidazole rings is 1. The lowest BCUT2D eigenvalue weighted by molar-refractivity contribution is -0.115. The molecule has 0 radical (unpaired) electrons. The number of para-hydroxylation sites is 1. The van der Waals surface area contributed by atoms with Crippen LogP contribution < -0.4 is 10.2 Å². The second-order valence-corrected chi connectivity index (χ2v) is 8.86. The van der Waals surface area contributed by atoms with Gasteiger partial charge in [-0.2, -0.15) is 5.10 Å². The Balaban J connectivity index is 1.39. The predicted octanol–water partition coefficient (Wildman–Crippen LogP) is 4.90. The number of rotatable bonds is 5. The number of nitrogens with one attached hydrogen (secondary N) is 3. The highest BCUT2D eigenvalue weighted by Gasteiger charge is 2.19. The molecule has 6 rings (SSSR count). The molecular weight excluding hydrogens is 440 g/mol. The first-order valence-electron chi connectivity index (χ1n) is 12.0. The van der Waals surface area contributed by atoms with Gasteiger partial charge in [-0.3, -0.25) is 19.9 Å². The molecule has 1 aromatic carbocycles. The first-order chi connectivity index (χ1) is 17.2. The van der Waals surface area contributed by atoms with E-state index in [1.54, 1.807) is 18.6 Å². The zero-order valence-corrected chi connectivity index (χ0v) is 19.5. The number of anilines is 2. The van der Waals surface area contributed by atoms with E-state index in [0.29, 0.717) is 12.1 Å². The summed E-state index contributed by atoms with van der Waals surface area (Å²) in [5.41, 5.74) is 6.90. The molecule has 176 valence electrons. The van der Waals surface area contributed by atoms with Crippen LogP contribution in [0.2, 0.25) is 0 Å². The molecule has 1 aliphatic rings. The number of fused-ring (bicyclic) bond motifs is 2. The summed E-state index contributed by atoms with van der Waals surface area (Å²) in [6.45, 7) is 3.94. The minimum Gasteiger partial charge on any atom is -0.370 e. The van der Waals surface area contributed by atoms with Crippen molar-refractivity contribution in [3.8, 4) is 22.8 Å². The van der Waals surface area contributed by atoms with E-state index in [1.165, 1.54) is 24.9 Å². The second-order valence-electron chi connectivity index (χ2n) is 8.86. The standard InChI is InChI=1S/C26H26N8O/c1-2-23(35)29-17-11-16(13-27-14-17)20-12-18-21(15-28-20)32-33-24(18)26-30-19-7-6-8-22(25(19)31-26)34-9-4-3-5-10-34/h6-8,11-15H,2-5,9-10H2,1H3,(H,29,35)(H,30,31)(H,32,33). The number of hydrogen-bond acceptors (Lipinski definition) is 6. The van der Waals surface area contributed by atoms with E-state index < -0.39 is 0 Å². The van der Waals surface area contributed by atoms with E-state index >= 15 is 0 Å². The molecule has 3 N–H and O–H groups in total. The highest BCUT2D eigenvalue weighted by atomic mass is 16.1. The third-order valence-corrected chi connectivity index (χ3v) is 6.50. The average molecular weight is 467 g/mol. The fraction of sp³-hybridized carbons (Fsp3) is 0.269. The van der Waals surface area contributed by atoms with Crippen LogP contribution in [0.25, 0.3) is 44.7 Å². The lowest BCUT2D eigenvalue weighted by atomic mass is 10.1. The molecule has 0 unspecified atom stereocenters. The molecule has 0 spiro atoms. The van der Waals surface area contributed by atoms with Crippen molar-refractivity contribution in [2.24, 2.45) is 0 Å². The van der Waals surface area contributed by atoms with Crippen molar-refractivity contribution in [3.63, 3.8) is 0 Å². The first kappa shape index (κ1) is 21.3. The molecule has 0 atom stereocenters. The summed E-state index contributed by atoms with van der Waals surface area (Å²) < 4.78 is 0. The topological polar surface area (TPSA) is 115 Å². The number of H-pyrrole nitrogens is 2. The van der Waals surface area contributed by atoms with Crippen LogP contribution in [0, 0.1) is 0 Å². The van der Waals surface area contributed by atoms with Crippen molar-refractivity contribution in [2.45, 2.75) is 32.6 Å². The largest absolute Gasteiger partial charge is 0.370 e. The van der Waals surface area contributed by atoms with E-state index in [4.69, 9.17) is 4.98 Å². The van der Waals surface area contributed by atoms with Gasteiger partial charge in [-0.1, -0.05) is 13.0 Å². The fourth-order valence-electron chi connectivity index (χ4n) is 4.67. The fourth-order valence-corrected chi connectivity index (χ4v) is 4.67. The minimum absolute atomic E-state index is 0.0571. The van der Waals surface area contributed by atoms with Gasteiger partial charge in [-0.25, -0.2) is 4.98 Å². The van der Waals surface area contributed by atoms with E-state index in [1.807, 2.05) is 19.1 Å². The van der Waals surface area contributed by atoms with Crippen molar-refractivity contribution in [1.29, 1.82) is 0 Å². The zero-order valence-electron chi connectivity index (χ0n) is 19.5. The first-order valence-corrected chi connectivity index (χ1v) is 12.0. The number of piperidine rings is 1. The molecule has 35 heavy (non-hydrogen) atoms. The van der Waals surface area contributed by atoms with Gasteiger partial charge in [0.15, 0.2) is 5.82 Å². The Bertz CT molecular complexity index is 1530. The summed E-state index contributed by atoms with van der Waals surface area (Å²) in [6.07, 6.45) is 9.26. The molecule has 1 amide bonds. The van der Waals surface area contributed by atoms with Crippen LogP contribution in [0.3, 0.4) is 0 Å². The molecule has 0 bridgehead atoms. The van der Waals surface area contributed by atoms with Crippen molar-refractivity contribution in [1.82, 2.24) is 30.1 Å². The molecule has 4 aromatic heterocycles. The van der Waals surface area contributed by atoms with Gasteiger partial charge in [0.05, 0.1) is 40.5 Å². The minimum atomic E-state index is -0.0571. The number of hydrogen-bond donors (Lipinski definition) is 3. The van der Waals surface area contributed by atoms with Crippen LogP contribution in [0.1, 0.15) is 32.6 Å². The van der Waals surface area contributed by atoms with Gasteiger partial charge in [0.1, 0.15) is 11.2 Å². The Morgan fingerprint density at radius 1 is 1.09 bits per heavy atom. The van der Waals surface area contributed by atoms with Gasteiger partial charge in [-0.05, 0) is 43.5 Å². The van der Waals surface area contributed by atoms with Crippen LogP contribution >= 0.6 is 0 Å². The van der Waals surface area contributed by atoms with Gasteiger partial charge in [0.2, 0.25) is 5.91 Å². The Morgan fingerprint density at radius 3 is 2.83 bits per heavy atom. The lowest BCUT2D eigenvalue weighted by Gasteiger charge is -2.28. The molecule has 9 nitrogen and oxygen atoms in total. The maximum Gasteiger partial charge on any atom is 0.224 e. The van der Waals surface area contributed by atoms with Crippen LogP contribution in [-0.4, -0.2) is 49.1 Å². The van der Waals surface area contributed by atoms with E-state index in [0.717, 1.165) is 57.8 Å². The molecule has 0 aliphatic carbocycles. The van der Waals surface area contributed by atoms with Gasteiger partial charge in [0.25, 0.3) is 0 Å². The summed E-state index contributed by atoms with van der Waals surface area (Å²) in [5.74, 6) is 0.660. The van der Waals surface area contributed by atoms with Crippen LogP contribution in [-0.2, 0) is 4.79 Å². The smallest absolute Gasteiger partial charge is 0.224 e. The van der Waals surface area contributed by atoms with Crippen LogP contribution in [0.4, 0.5) is 11.4 Å². The monoisotopic (exact) mass is 466 g/mol. The maximum absolute atomic E-state index is 11.8. The third kappa shape index (κ3) is 3.99. The molecule has 9 heteroatoms. The number of aromatic nitrogens is 6. The summed E-state index contributed by atoms with van der Waals surface area (Å²) in [6, 6.07) is 10.1.